The van der Waals surface area contributed by atoms with E-state index >= 15 is 0 Å². The summed E-state index contributed by atoms with van der Waals surface area (Å²) in [7, 11) is 0. The number of hydrogen-bond acceptors (Lipinski definition) is 1. The van der Waals surface area contributed by atoms with Gasteiger partial charge in [0.05, 0.1) is 6.10 Å². The maximum atomic E-state index is 13.2. The molecule has 1 nitrogen and oxygen atoms in total. The van der Waals surface area contributed by atoms with E-state index in [0.29, 0.717) is 0 Å². The van der Waals surface area contributed by atoms with Crippen LogP contribution in [0.15, 0.2) is 30.3 Å². The highest BCUT2D eigenvalue weighted by Crippen LogP contribution is 2.51. The molecule has 0 unspecified atom stereocenters. The van der Waals surface area contributed by atoms with Gasteiger partial charge in [-0.1, -0.05) is 30.3 Å². The first-order chi connectivity index (χ1) is 6.22. The molecule has 4 atom stereocenters. The molecule has 1 aromatic rings. The van der Waals surface area contributed by atoms with Gasteiger partial charge in [-0.3, -0.25) is 0 Å². The Hall–Kier alpha value is -0.890. The third kappa shape index (κ3) is 1.46. The van der Waals surface area contributed by atoms with Gasteiger partial charge >= 0.3 is 0 Å². The molecular formula is C11H13FO. The Morgan fingerprint density at radius 3 is 2.38 bits per heavy atom. The molecule has 0 amide bonds. The van der Waals surface area contributed by atoms with Gasteiger partial charge in [-0.15, -0.1) is 0 Å². The third-order valence-corrected chi connectivity index (χ3v) is 2.73. The van der Waals surface area contributed by atoms with Crippen LogP contribution in [-0.4, -0.2) is 17.4 Å². The van der Waals surface area contributed by atoms with E-state index in [9.17, 15) is 9.50 Å². The first kappa shape index (κ1) is 8.70. The molecular weight excluding hydrogens is 167 g/mol. The van der Waals surface area contributed by atoms with Crippen molar-refractivity contribution in [2.24, 2.45) is 5.92 Å². The maximum absolute atomic E-state index is 13.2. The fraction of sp³-hybridized carbons (Fsp3) is 0.455. The molecule has 0 aliphatic heterocycles. The van der Waals surface area contributed by atoms with Gasteiger partial charge < -0.3 is 5.11 Å². The maximum Gasteiger partial charge on any atom is 0.113 e. The molecule has 0 bridgehead atoms. The molecule has 13 heavy (non-hydrogen) atoms. The van der Waals surface area contributed by atoms with Crippen molar-refractivity contribution in [1.29, 1.82) is 0 Å². The quantitative estimate of drug-likeness (QED) is 0.739. The first-order valence-electron chi connectivity index (χ1n) is 4.59. The lowest BCUT2D eigenvalue weighted by molar-refractivity contribution is 0.157. The minimum atomic E-state index is -0.859. The molecule has 0 spiro atoms. The van der Waals surface area contributed by atoms with Crippen LogP contribution in [0.2, 0.25) is 0 Å². The van der Waals surface area contributed by atoms with Gasteiger partial charge in [0.2, 0.25) is 0 Å². The van der Waals surface area contributed by atoms with Crippen LogP contribution in [0.5, 0.6) is 0 Å². The zero-order valence-corrected chi connectivity index (χ0v) is 7.52. The molecule has 0 heterocycles. The van der Waals surface area contributed by atoms with E-state index in [1.54, 1.807) is 6.92 Å². The van der Waals surface area contributed by atoms with E-state index < -0.39 is 12.3 Å². The Morgan fingerprint density at radius 2 is 1.92 bits per heavy atom. The van der Waals surface area contributed by atoms with Crippen molar-refractivity contribution >= 4 is 0 Å². The minimum Gasteiger partial charge on any atom is -0.393 e. The summed E-state index contributed by atoms with van der Waals surface area (Å²) in [5.74, 6) is -0.274. The highest BCUT2D eigenvalue weighted by atomic mass is 19.1. The van der Waals surface area contributed by atoms with E-state index in [1.807, 2.05) is 30.3 Å². The van der Waals surface area contributed by atoms with Crippen LogP contribution in [0.25, 0.3) is 0 Å². The summed E-state index contributed by atoms with van der Waals surface area (Å²) in [6.45, 7) is 1.65. The average Bonchev–Trinajstić information content (AvgIpc) is 2.79. The predicted octanol–water partition coefficient (Wildman–Crippen LogP) is 2.12. The first-order valence-corrected chi connectivity index (χ1v) is 4.59. The van der Waals surface area contributed by atoms with Crippen molar-refractivity contribution in [1.82, 2.24) is 0 Å². The Kier molecular flexibility index (Phi) is 2.08. The van der Waals surface area contributed by atoms with Gasteiger partial charge in [-0.05, 0) is 12.5 Å². The van der Waals surface area contributed by atoms with Crippen molar-refractivity contribution in [2.75, 3.05) is 0 Å². The fourth-order valence-electron chi connectivity index (χ4n) is 1.94. The molecule has 2 rings (SSSR count). The molecule has 1 fully saturated rings. The second-order valence-corrected chi connectivity index (χ2v) is 3.70. The Morgan fingerprint density at radius 1 is 1.31 bits per heavy atom. The number of alkyl halides is 1. The summed E-state index contributed by atoms with van der Waals surface area (Å²) in [5.41, 5.74) is 1.00. The lowest BCUT2D eigenvalue weighted by Crippen LogP contribution is -2.04. The minimum absolute atomic E-state index is 0.0822. The van der Waals surface area contributed by atoms with Crippen LogP contribution in [-0.2, 0) is 0 Å². The highest BCUT2D eigenvalue weighted by Gasteiger charge is 2.54. The van der Waals surface area contributed by atoms with E-state index in [-0.39, 0.29) is 11.8 Å². The van der Waals surface area contributed by atoms with Crippen LogP contribution >= 0.6 is 0 Å². The summed E-state index contributed by atoms with van der Waals surface area (Å²) < 4.78 is 13.2. The van der Waals surface area contributed by atoms with Crippen molar-refractivity contribution in [3.63, 3.8) is 0 Å². The highest BCUT2D eigenvalue weighted by molar-refractivity contribution is 5.29. The van der Waals surface area contributed by atoms with Crippen LogP contribution in [0.4, 0.5) is 4.39 Å². The van der Waals surface area contributed by atoms with Crippen LogP contribution in [0.3, 0.4) is 0 Å². The number of halogens is 1. The number of aliphatic hydroxyl groups is 1. The molecule has 1 saturated carbocycles. The Bertz CT molecular complexity index is 283. The summed E-state index contributed by atoms with van der Waals surface area (Å²) in [5, 5.41) is 9.25. The standard InChI is InChI=1S/C11H13FO/c1-7(13)9-10(11(9)12)8-5-3-2-4-6-8/h2-7,9-11,13H,1H3/t7-,9+,10+,11-/m0/s1. The fourth-order valence-corrected chi connectivity index (χ4v) is 1.94. The molecule has 1 aliphatic rings. The lowest BCUT2D eigenvalue weighted by Gasteiger charge is -2.00. The molecule has 70 valence electrons. The topological polar surface area (TPSA) is 20.2 Å². The van der Waals surface area contributed by atoms with Gasteiger partial charge in [0.15, 0.2) is 0 Å². The summed E-state index contributed by atoms with van der Waals surface area (Å²) in [6, 6.07) is 9.55. The largest absolute Gasteiger partial charge is 0.393 e. The SMILES string of the molecule is C[C@H](O)[C@H]1[C@H](F)[C@@H]1c1ccccc1. The van der Waals surface area contributed by atoms with E-state index in [1.165, 1.54) is 0 Å². The normalized spacial score (nSPS) is 34.2. The van der Waals surface area contributed by atoms with Gasteiger partial charge in [0, 0.05) is 11.8 Å². The van der Waals surface area contributed by atoms with Crippen molar-refractivity contribution in [3.05, 3.63) is 35.9 Å². The van der Waals surface area contributed by atoms with Crippen LogP contribution < -0.4 is 0 Å². The van der Waals surface area contributed by atoms with Crippen molar-refractivity contribution in [2.45, 2.75) is 25.1 Å². The number of aliphatic hydroxyl groups excluding tert-OH is 1. The zero-order valence-electron chi connectivity index (χ0n) is 7.52. The predicted molar refractivity (Wildman–Crippen MR) is 49.2 cm³/mol. The third-order valence-electron chi connectivity index (χ3n) is 2.73. The zero-order chi connectivity index (χ0) is 9.42. The monoisotopic (exact) mass is 180 g/mol. The van der Waals surface area contributed by atoms with E-state index in [2.05, 4.69) is 0 Å². The molecule has 2 heteroatoms. The number of benzene rings is 1. The van der Waals surface area contributed by atoms with Crippen molar-refractivity contribution in [3.8, 4) is 0 Å². The Labute approximate surface area is 77.2 Å². The van der Waals surface area contributed by atoms with E-state index in [0.717, 1.165) is 5.56 Å². The summed E-state index contributed by atoms with van der Waals surface area (Å²) >= 11 is 0. The lowest BCUT2D eigenvalue weighted by atomic mass is 10.1. The smallest absolute Gasteiger partial charge is 0.113 e. The summed E-state index contributed by atoms with van der Waals surface area (Å²) in [4.78, 5) is 0. The molecule has 0 radical (unpaired) electrons. The molecule has 1 N–H and O–H groups in total. The number of hydrogen-bond donors (Lipinski definition) is 1. The van der Waals surface area contributed by atoms with Gasteiger partial charge in [0.25, 0.3) is 0 Å². The van der Waals surface area contributed by atoms with Gasteiger partial charge in [-0.25, -0.2) is 4.39 Å². The Balaban J connectivity index is 2.14. The average molecular weight is 180 g/mol. The molecule has 1 aromatic carbocycles. The molecule has 0 aromatic heterocycles. The number of rotatable bonds is 2. The van der Waals surface area contributed by atoms with Crippen LogP contribution in [0, 0.1) is 5.92 Å². The van der Waals surface area contributed by atoms with Gasteiger partial charge in [0.1, 0.15) is 6.17 Å². The second-order valence-electron chi connectivity index (χ2n) is 3.70. The molecule has 0 saturated heterocycles. The second kappa shape index (κ2) is 3.11. The van der Waals surface area contributed by atoms with Crippen LogP contribution in [0.1, 0.15) is 18.4 Å². The molecule has 1 aliphatic carbocycles. The summed E-state index contributed by atoms with van der Waals surface area (Å²) in [6.07, 6.45) is -1.40. The van der Waals surface area contributed by atoms with E-state index in [4.69, 9.17) is 0 Å². The van der Waals surface area contributed by atoms with Crippen molar-refractivity contribution < 1.29 is 9.50 Å². The van der Waals surface area contributed by atoms with Gasteiger partial charge in [-0.2, -0.15) is 0 Å².